The fourth-order valence-electron chi connectivity index (χ4n) is 2.45. The van der Waals surface area contributed by atoms with Crippen LogP contribution in [0, 0.1) is 5.82 Å². The Morgan fingerprint density at radius 1 is 1.55 bits per heavy atom. The van der Waals surface area contributed by atoms with Gasteiger partial charge in [-0.2, -0.15) is 0 Å². The van der Waals surface area contributed by atoms with Crippen molar-refractivity contribution >= 4 is 23.7 Å². The van der Waals surface area contributed by atoms with Gasteiger partial charge in [-0.25, -0.2) is 9.18 Å². The third kappa shape index (κ3) is 2.88. The molecule has 1 aromatic rings. The molecule has 1 aromatic carbocycles. The van der Waals surface area contributed by atoms with E-state index in [0.29, 0.717) is 31.1 Å². The highest BCUT2D eigenvalue weighted by atomic mass is 19.1. The molecule has 1 amide bonds. The zero-order valence-corrected chi connectivity index (χ0v) is 12.1. The van der Waals surface area contributed by atoms with Crippen molar-refractivity contribution in [2.45, 2.75) is 6.42 Å². The quantitative estimate of drug-likeness (QED) is 0.932. The maximum absolute atomic E-state index is 14.2. The van der Waals surface area contributed by atoms with Crippen LogP contribution in [0.5, 0.6) is 5.75 Å². The molecule has 0 aliphatic carbocycles. The van der Waals surface area contributed by atoms with E-state index in [1.807, 2.05) is 17.2 Å². The topological polar surface area (TPSA) is 63.2 Å². The van der Waals surface area contributed by atoms with Crippen molar-refractivity contribution in [2.75, 3.05) is 37.0 Å². The van der Waals surface area contributed by atoms with E-state index in [0.717, 1.165) is 12.1 Å². The molecule has 0 atom stereocenters. The summed E-state index contributed by atoms with van der Waals surface area (Å²) in [6.07, 6.45) is 4.05. The Morgan fingerprint density at radius 2 is 2.41 bits per heavy atom. The second kappa shape index (κ2) is 6.05. The summed E-state index contributed by atoms with van der Waals surface area (Å²) in [5.74, 6) is -0.318. The van der Waals surface area contributed by atoms with Crippen LogP contribution < -0.4 is 15.0 Å². The van der Waals surface area contributed by atoms with Crippen LogP contribution in [0.25, 0.3) is 0 Å². The zero-order chi connectivity index (χ0) is 15.5. The van der Waals surface area contributed by atoms with Crippen LogP contribution in [0.1, 0.15) is 6.42 Å². The van der Waals surface area contributed by atoms with Crippen LogP contribution in [-0.2, 0) is 4.74 Å². The van der Waals surface area contributed by atoms with Gasteiger partial charge < -0.3 is 14.4 Å². The normalized spacial score (nSPS) is 15.9. The molecule has 0 unspecified atom stereocenters. The molecular weight excluding hydrogens is 289 g/mol. The molecule has 2 aliphatic heterocycles. The van der Waals surface area contributed by atoms with Crippen molar-refractivity contribution in [3.05, 3.63) is 29.7 Å². The first kappa shape index (κ1) is 14.4. The van der Waals surface area contributed by atoms with Gasteiger partial charge in [-0.05, 0) is 6.07 Å². The largest absolute Gasteiger partial charge is 0.486 e. The lowest BCUT2D eigenvalue weighted by molar-refractivity contribution is 0.187. The van der Waals surface area contributed by atoms with Gasteiger partial charge in [-0.15, -0.1) is 0 Å². The first-order valence-corrected chi connectivity index (χ1v) is 6.95. The number of aliphatic imine (C=N–C) groups is 1. The van der Waals surface area contributed by atoms with Gasteiger partial charge in [0.1, 0.15) is 6.61 Å². The van der Waals surface area contributed by atoms with Crippen molar-refractivity contribution in [2.24, 2.45) is 4.99 Å². The van der Waals surface area contributed by atoms with Crippen molar-refractivity contribution in [1.29, 1.82) is 0 Å². The van der Waals surface area contributed by atoms with E-state index >= 15 is 0 Å². The molecule has 22 heavy (non-hydrogen) atoms. The lowest BCUT2D eigenvalue weighted by Crippen LogP contribution is -2.34. The number of nitrogens with zero attached hydrogens (tertiary/aromatic N) is 2. The molecular formula is C15H16FN3O3. The van der Waals surface area contributed by atoms with E-state index in [2.05, 4.69) is 15.0 Å². The summed E-state index contributed by atoms with van der Waals surface area (Å²) in [4.78, 5) is 17.6. The summed E-state index contributed by atoms with van der Waals surface area (Å²) in [6.45, 7) is 1.61. The Morgan fingerprint density at radius 3 is 3.14 bits per heavy atom. The van der Waals surface area contributed by atoms with Crippen molar-refractivity contribution in [1.82, 2.24) is 0 Å². The van der Waals surface area contributed by atoms with Crippen LogP contribution in [0.2, 0.25) is 0 Å². The van der Waals surface area contributed by atoms with Gasteiger partial charge in [0.15, 0.2) is 11.6 Å². The number of fused-ring (bicyclic) bond motifs is 1. The Bertz CT molecular complexity index is 658. The molecule has 0 saturated carbocycles. The second-order valence-electron chi connectivity index (χ2n) is 4.94. The summed E-state index contributed by atoms with van der Waals surface area (Å²) < 4.78 is 24.1. The highest BCUT2D eigenvalue weighted by molar-refractivity contribution is 5.86. The maximum atomic E-state index is 14.2. The number of rotatable bonds is 3. The zero-order valence-electron chi connectivity index (χ0n) is 12.1. The number of nitrogens with one attached hydrogen (secondary N) is 1. The molecule has 0 fully saturated rings. The average molecular weight is 305 g/mol. The Balaban J connectivity index is 1.89. The van der Waals surface area contributed by atoms with Gasteiger partial charge in [-0.3, -0.25) is 10.3 Å². The lowest BCUT2D eigenvalue weighted by atomic mass is 10.2. The maximum Gasteiger partial charge on any atom is 0.411 e. The van der Waals surface area contributed by atoms with Gasteiger partial charge in [0.05, 0.1) is 31.6 Å². The first-order chi connectivity index (χ1) is 10.7. The third-order valence-corrected chi connectivity index (χ3v) is 3.47. The molecule has 0 radical (unpaired) electrons. The Kier molecular flexibility index (Phi) is 3.95. The number of benzene rings is 1. The lowest BCUT2D eigenvalue weighted by Gasteiger charge is -2.31. The molecule has 0 spiro atoms. The van der Waals surface area contributed by atoms with E-state index in [1.165, 1.54) is 13.2 Å². The van der Waals surface area contributed by atoms with E-state index in [1.54, 1.807) is 6.07 Å². The number of hydrogen-bond donors (Lipinski definition) is 1. The molecule has 0 aromatic heterocycles. The van der Waals surface area contributed by atoms with Crippen molar-refractivity contribution < 1.29 is 18.7 Å². The van der Waals surface area contributed by atoms with Gasteiger partial charge >= 0.3 is 6.09 Å². The number of ether oxygens (including phenoxy) is 2. The molecule has 2 heterocycles. The SMILES string of the molecule is COC(=O)Nc1cc(F)c2c(c1)N(CC1=CCC=N1)CCO2. The minimum atomic E-state index is -0.647. The predicted molar refractivity (Wildman–Crippen MR) is 81.3 cm³/mol. The molecule has 7 heteroatoms. The molecule has 3 rings (SSSR count). The van der Waals surface area contributed by atoms with Gasteiger partial charge in [0, 0.05) is 24.4 Å². The summed E-state index contributed by atoms with van der Waals surface area (Å²) in [7, 11) is 1.25. The highest BCUT2D eigenvalue weighted by Gasteiger charge is 2.24. The fourth-order valence-corrected chi connectivity index (χ4v) is 2.45. The summed E-state index contributed by atoms with van der Waals surface area (Å²) in [5.41, 5.74) is 1.86. The van der Waals surface area contributed by atoms with E-state index < -0.39 is 11.9 Å². The number of halogens is 1. The Hall–Kier alpha value is -2.57. The van der Waals surface area contributed by atoms with Crippen molar-refractivity contribution in [3.8, 4) is 5.75 Å². The minimum absolute atomic E-state index is 0.198. The van der Waals surface area contributed by atoms with Gasteiger partial charge in [-0.1, -0.05) is 6.08 Å². The van der Waals surface area contributed by atoms with E-state index in [9.17, 15) is 9.18 Å². The van der Waals surface area contributed by atoms with Gasteiger partial charge in [0.25, 0.3) is 0 Å². The van der Waals surface area contributed by atoms with Gasteiger partial charge in [0.2, 0.25) is 0 Å². The fraction of sp³-hybridized carbons (Fsp3) is 0.333. The van der Waals surface area contributed by atoms with Crippen molar-refractivity contribution in [3.63, 3.8) is 0 Å². The Labute approximate surface area is 127 Å². The average Bonchev–Trinajstić information content (AvgIpc) is 3.01. The molecule has 2 aliphatic rings. The molecule has 6 nitrogen and oxygen atoms in total. The van der Waals surface area contributed by atoms with E-state index in [-0.39, 0.29) is 5.75 Å². The number of carbonyl (C=O) groups is 1. The summed E-state index contributed by atoms with van der Waals surface area (Å²) >= 11 is 0. The minimum Gasteiger partial charge on any atom is -0.486 e. The molecule has 0 saturated heterocycles. The standard InChI is InChI=1S/C15H16FN3O3/c1-21-15(20)18-11-7-12(16)14-13(8-11)19(5-6-22-14)9-10-3-2-4-17-10/h3-4,7-8H,2,5-6,9H2,1H3,(H,18,20). The number of hydrogen-bond acceptors (Lipinski definition) is 5. The predicted octanol–water partition coefficient (Wildman–Crippen LogP) is 2.56. The van der Waals surface area contributed by atoms with Crippen LogP contribution in [-0.4, -0.2) is 39.1 Å². The smallest absolute Gasteiger partial charge is 0.411 e. The summed E-state index contributed by atoms with van der Waals surface area (Å²) in [6, 6.07) is 2.89. The van der Waals surface area contributed by atoms with Crippen LogP contribution in [0.4, 0.5) is 20.6 Å². The van der Waals surface area contributed by atoms with E-state index in [4.69, 9.17) is 4.74 Å². The second-order valence-corrected chi connectivity index (χ2v) is 4.94. The monoisotopic (exact) mass is 305 g/mol. The van der Waals surface area contributed by atoms with Crippen LogP contribution >= 0.6 is 0 Å². The number of amides is 1. The third-order valence-electron chi connectivity index (χ3n) is 3.47. The molecule has 0 bridgehead atoms. The molecule has 1 N–H and O–H groups in total. The number of methoxy groups -OCH3 is 1. The summed E-state index contributed by atoms with van der Waals surface area (Å²) in [5, 5.41) is 2.47. The number of carbonyl (C=O) groups excluding carboxylic acids is 1. The molecule has 116 valence electrons. The number of anilines is 2. The van der Waals surface area contributed by atoms with Crippen LogP contribution in [0.15, 0.2) is 28.9 Å². The first-order valence-electron chi connectivity index (χ1n) is 6.95. The number of allylic oxidation sites excluding steroid dienone is 1. The highest BCUT2D eigenvalue weighted by Crippen LogP contribution is 2.37. The van der Waals surface area contributed by atoms with Crippen LogP contribution in [0.3, 0.4) is 0 Å².